The fourth-order valence-corrected chi connectivity index (χ4v) is 3.29. The van der Waals surface area contributed by atoms with Crippen LogP contribution in [0.1, 0.15) is 27.2 Å². The molecule has 0 radical (unpaired) electrons. The van der Waals surface area contributed by atoms with Gasteiger partial charge in [-0.25, -0.2) is 0 Å². The summed E-state index contributed by atoms with van der Waals surface area (Å²) in [4.78, 5) is 16.9. The fourth-order valence-electron chi connectivity index (χ4n) is 3.29. The van der Waals surface area contributed by atoms with E-state index >= 15 is 0 Å². The van der Waals surface area contributed by atoms with Crippen LogP contribution in [-0.2, 0) is 13.0 Å². The molecule has 0 unspecified atom stereocenters. The van der Waals surface area contributed by atoms with Gasteiger partial charge >= 0.3 is 0 Å². The Labute approximate surface area is 168 Å². The smallest absolute Gasteiger partial charge is 0.272 e. The van der Waals surface area contributed by atoms with Crippen LogP contribution in [0.15, 0.2) is 73.1 Å². The van der Waals surface area contributed by atoms with Crippen LogP contribution in [0.3, 0.4) is 0 Å². The molecule has 0 fully saturated rings. The normalized spacial score (nSPS) is 10.6. The van der Waals surface area contributed by atoms with E-state index in [1.807, 2.05) is 54.6 Å². The molecule has 0 aliphatic rings. The minimum absolute atomic E-state index is 0.211. The molecule has 29 heavy (non-hydrogen) atoms. The molecule has 0 saturated heterocycles. The first-order chi connectivity index (χ1) is 14.3. The molecule has 6 heteroatoms. The Bertz CT molecular complexity index is 1190. The van der Waals surface area contributed by atoms with Gasteiger partial charge in [0.1, 0.15) is 0 Å². The number of benzene rings is 2. The van der Waals surface area contributed by atoms with Gasteiger partial charge in [-0.1, -0.05) is 42.5 Å². The molecular weight excluding hydrogens is 362 g/mol. The van der Waals surface area contributed by atoms with Gasteiger partial charge in [-0.2, -0.15) is 10.4 Å². The Morgan fingerprint density at radius 2 is 1.90 bits per heavy atom. The molecule has 0 aliphatic heterocycles. The molecule has 0 atom stereocenters. The first-order valence-corrected chi connectivity index (χ1v) is 9.37. The number of pyridine rings is 1. The van der Waals surface area contributed by atoms with Crippen molar-refractivity contribution in [3.8, 4) is 6.07 Å². The van der Waals surface area contributed by atoms with Gasteiger partial charge in [0.25, 0.3) is 5.91 Å². The first kappa shape index (κ1) is 18.4. The van der Waals surface area contributed by atoms with Crippen molar-refractivity contribution < 1.29 is 4.79 Å². The number of nitrogens with zero attached hydrogens (tertiary/aromatic N) is 4. The van der Waals surface area contributed by atoms with Crippen molar-refractivity contribution in [2.24, 2.45) is 0 Å². The zero-order valence-corrected chi connectivity index (χ0v) is 15.7. The van der Waals surface area contributed by atoms with Crippen LogP contribution in [0.25, 0.3) is 10.9 Å². The number of hydrogen-bond acceptors (Lipinski definition) is 4. The second kappa shape index (κ2) is 8.36. The van der Waals surface area contributed by atoms with Crippen molar-refractivity contribution in [3.05, 3.63) is 95.4 Å². The molecule has 4 aromatic rings. The summed E-state index contributed by atoms with van der Waals surface area (Å²) < 4.78 is 1.78. The number of nitrogens with one attached hydrogen (secondary N) is 1. The molecule has 4 rings (SSSR count). The van der Waals surface area contributed by atoms with Crippen molar-refractivity contribution in [2.45, 2.75) is 13.0 Å². The van der Waals surface area contributed by atoms with Gasteiger partial charge in [0.05, 0.1) is 23.7 Å². The molecule has 2 aromatic carbocycles. The molecule has 0 bridgehead atoms. The van der Waals surface area contributed by atoms with E-state index in [9.17, 15) is 10.1 Å². The van der Waals surface area contributed by atoms with E-state index in [0.29, 0.717) is 30.8 Å². The molecule has 1 N–H and O–H groups in total. The molecular formula is C23H19N5O. The van der Waals surface area contributed by atoms with Gasteiger partial charge in [-0.3, -0.25) is 14.5 Å². The fraction of sp³-hybridized carbons (Fsp3) is 0.130. The molecule has 6 nitrogen and oxygen atoms in total. The summed E-state index contributed by atoms with van der Waals surface area (Å²) in [5.41, 5.74) is 3.79. The van der Waals surface area contributed by atoms with Crippen molar-refractivity contribution in [1.82, 2.24) is 20.1 Å². The van der Waals surface area contributed by atoms with Crippen LogP contribution >= 0.6 is 0 Å². The summed E-state index contributed by atoms with van der Waals surface area (Å²) in [5.74, 6) is -0.211. The van der Waals surface area contributed by atoms with E-state index in [2.05, 4.69) is 21.5 Å². The Morgan fingerprint density at radius 1 is 1.07 bits per heavy atom. The van der Waals surface area contributed by atoms with Crippen LogP contribution in [0, 0.1) is 11.3 Å². The highest BCUT2D eigenvalue weighted by Gasteiger charge is 2.17. The third-order valence-corrected chi connectivity index (χ3v) is 4.75. The van der Waals surface area contributed by atoms with E-state index in [4.69, 9.17) is 0 Å². The largest absolute Gasteiger partial charge is 0.350 e. The molecule has 142 valence electrons. The van der Waals surface area contributed by atoms with Crippen LogP contribution in [0.2, 0.25) is 0 Å². The number of hydrogen-bond donors (Lipinski definition) is 1. The monoisotopic (exact) mass is 381 g/mol. The maximum absolute atomic E-state index is 12.8. The molecule has 0 aliphatic carbocycles. The topological polar surface area (TPSA) is 83.6 Å². The van der Waals surface area contributed by atoms with E-state index in [0.717, 1.165) is 22.0 Å². The van der Waals surface area contributed by atoms with Gasteiger partial charge in [-0.15, -0.1) is 0 Å². The lowest BCUT2D eigenvalue weighted by Crippen LogP contribution is -2.26. The number of para-hydroxylation sites is 1. The van der Waals surface area contributed by atoms with Crippen molar-refractivity contribution >= 4 is 16.8 Å². The van der Waals surface area contributed by atoms with Crippen molar-refractivity contribution in [3.63, 3.8) is 0 Å². The number of carbonyl (C=O) groups is 1. The van der Waals surface area contributed by atoms with Crippen LogP contribution in [0.5, 0.6) is 0 Å². The number of amides is 1. The number of rotatable bonds is 6. The summed E-state index contributed by atoms with van der Waals surface area (Å²) >= 11 is 0. The number of carbonyl (C=O) groups excluding carboxylic acids is 1. The Morgan fingerprint density at radius 3 is 2.72 bits per heavy atom. The minimum Gasteiger partial charge on any atom is -0.350 e. The summed E-state index contributed by atoms with van der Waals surface area (Å²) in [7, 11) is 0. The lowest BCUT2D eigenvalue weighted by Gasteiger charge is -2.05. The second-order valence-electron chi connectivity index (χ2n) is 6.66. The van der Waals surface area contributed by atoms with Crippen molar-refractivity contribution in [2.75, 3.05) is 6.54 Å². The van der Waals surface area contributed by atoms with Crippen LogP contribution < -0.4 is 5.32 Å². The van der Waals surface area contributed by atoms with E-state index in [-0.39, 0.29) is 5.91 Å². The second-order valence-corrected chi connectivity index (χ2v) is 6.66. The summed E-state index contributed by atoms with van der Waals surface area (Å²) in [6.45, 7) is 0.927. The Hall–Kier alpha value is -3.98. The zero-order chi connectivity index (χ0) is 20.1. The van der Waals surface area contributed by atoms with E-state index < -0.39 is 0 Å². The van der Waals surface area contributed by atoms with E-state index in [1.165, 1.54) is 0 Å². The third kappa shape index (κ3) is 3.99. The molecule has 0 spiro atoms. The van der Waals surface area contributed by atoms with Gasteiger partial charge in [0, 0.05) is 24.3 Å². The highest BCUT2D eigenvalue weighted by atomic mass is 16.1. The van der Waals surface area contributed by atoms with Gasteiger partial charge in [0.2, 0.25) is 0 Å². The Balaban J connectivity index is 1.57. The lowest BCUT2D eigenvalue weighted by atomic mass is 10.1. The maximum Gasteiger partial charge on any atom is 0.272 e. The Kier molecular flexibility index (Phi) is 5.30. The van der Waals surface area contributed by atoms with Gasteiger partial charge < -0.3 is 5.32 Å². The zero-order valence-electron chi connectivity index (χ0n) is 15.7. The highest BCUT2D eigenvalue weighted by molar-refractivity contribution is 6.04. The molecule has 2 aromatic heterocycles. The average Bonchev–Trinajstić information content (AvgIpc) is 3.13. The van der Waals surface area contributed by atoms with Gasteiger partial charge in [-0.05, 0) is 35.7 Å². The predicted molar refractivity (Wildman–Crippen MR) is 110 cm³/mol. The number of aromatic nitrogens is 3. The maximum atomic E-state index is 12.8. The summed E-state index contributed by atoms with van der Waals surface area (Å²) in [6.07, 6.45) is 4.22. The predicted octanol–water partition coefficient (Wildman–Crippen LogP) is 3.32. The van der Waals surface area contributed by atoms with Crippen LogP contribution in [0.4, 0.5) is 0 Å². The van der Waals surface area contributed by atoms with Gasteiger partial charge in [0.15, 0.2) is 5.69 Å². The summed E-state index contributed by atoms with van der Waals surface area (Å²) in [5, 5.41) is 17.7. The number of nitriles is 1. The van der Waals surface area contributed by atoms with E-state index in [1.54, 1.807) is 23.1 Å². The highest BCUT2D eigenvalue weighted by Crippen LogP contribution is 2.20. The number of fused-ring (bicyclic) bond motifs is 1. The molecule has 0 saturated carbocycles. The standard InChI is InChI=1S/C23H19N5O/c24-14-18-7-1-2-8-19(18)16-28-21-10-4-3-9-20(21)22(27-28)23(29)26-13-11-17-6-5-12-25-15-17/h1-10,12,15H,11,13,16H2,(H,26,29). The minimum atomic E-state index is -0.211. The molecule has 2 heterocycles. The first-order valence-electron chi connectivity index (χ1n) is 9.37. The lowest BCUT2D eigenvalue weighted by molar-refractivity contribution is 0.0950. The summed E-state index contributed by atoms with van der Waals surface area (Å²) in [6, 6.07) is 21.1. The average molecular weight is 381 g/mol. The quantitative estimate of drug-likeness (QED) is 0.555. The van der Waals surface area contributed by atoms with Crippen molar-refractivity contribution in [1.29, 1.82) is 5.26 Å². The SMILES string of the molecule is N#Cc1ccccc1Cn1nc(C(=O)NCCc2cccnc2)c2ccccc21. The third-order valence-electron chi connectivity index (χ3n) is 4.75. The van der Waals surface area contributed by atoms with Crippen LogP contribution in [-0.4, -0.2) is 27.2 Å². The molecule has 1 amide bonds.